The van der Waals surface area contributed by atoms with Crippen molar-refractivity contribution in [2.24, 2.45) is 0 Å². The summed E-state index contributed by atoms with van der Waals surface area (Å²) >= 11 is 0. The van der Waals surface area contributed by atoms with E-state index in [9.17, 15) is 37.0 Å². The Morgan fingerprint density at radius 1 is 0.941 bits per heavy atom. The maximum Gasteiger partial charge on any atom is 0.253 e. The van der Waals surface area contributed by atoms with E-state index in [1.807, 2.05) is 45.0 Å². The number of halogens is 2. The molecule has 1 heterocycles. The zero-order valence-electron chi connectivity index (χ0n) is 29.6. The lowest BCUT2D eigenvalue weighted by atomic mass is 9.99. The molecule has 0 aliphatic carbocycles. The van der Waals surface area contributed by atoms with E-state index in [2.05, 4.69) is 10.6 Å². The van der Waals surface area contributed by atoms with Gasteiger partial charge in [0.2, 0.25) is 10.0 Å². The molecule has 0 spiro atoms. The highest BCUT2D eigenvalue weighted by molar-refractivity contribution is 7.89. The molecule has 1 fully saturated rings. The Kier molecular flexibility index (Phi) is 14.6. The van der Waals surface area contributed by atoms with Crippen LogP contribution >= 0.6 is 0 Å². The summed E-state index contributed by atoms with van der Waals surface area (Å²) in [5, 5.41) is 27.2. The Bertz CT molecular complexity index is 1730. The molecular weight excluding hydrogens is 679 g/mol. The molecule has 10 nitrogen and oxygen atoms in total. The van der Waals surface area contributed by atoms with Gasteiger partial charge in [-0.05, 0) is 85.5 Å². The van der Waals surface area contributed by atoms with Crippen LogP contribution in [0.5, 0.6) is 0 Å². The predicted octanol–water partition coefficient (Wildman–Crippen LogP) is 4.43. The van der Waals surface area contributed by atoms with E-state index in [0.29, 0.717) is 45.3 Å². The third kappa shape index (κ3) is 10.6. The van der Waals surface area contributed by atoms with E-state index in [1.165, 1.54) is 22.5 Å². The van der Waals surface area contributed by atoms with E-state index < -0.39 is 51.7 Å². The van der Waals surface area contributed by atoms with Crippen LogP contribution in [0, 0.1) is 11.6 Å². The van der Waals surface area contributed by atoms with Crippen molar-refractivity contribution in [2.45, 2.75) is 88.9 Å². The highest BCUT2D eigenvalue weighted by Crippen LogP contribution is 2.28. The molecule has 278 valence electrons. The number of hydrogen-bond donors (Lipinski definition) is 4. The van der Waals surface area contributed by atoms with Crippen molar-refractivity contribution in [1.29, 1.82) is 0 Å². The van der Waals surface area contributed by atoms with Crippen LogP contribution in [0.3, 0.4) is 0 Å². The molecule has 0 aromatic heterocycles. The zero-order valence-corrected chi connectivity index (χ0v) is 30.4. The molecule has 0 bridgehead atoms. The van der Waals surface area contributed by atoms with Gasteiger partial charge in [0.1, 0.15) is 11.6 Å². The van der Waals surface area contributed by atoms with Crippen molar-refractivity contribution in [2.75, 3.05) is 32.8 Å². The number of amides is 2. The minimum Gasteiger partial charge on any atom is -0.395 e. The van der Waals surface area contributed by atoms with Gasteiger partial charge in [-0.3, -0.25) is 9.59 Å². The van der Waals surface area contributed by atoms with Crippen molar-refractivity contribution in [3.8, 4) is 0 Å². The highest BCUT2D eigenvalue weighted by Gasteiger charge is 2.36. The molecule has 0 radical (unpaired) electrons. The first kappa shape index (κ1) is 40.0. The summed E-state index contributed by atoms with van der Waals surface area (Å²) in [5.41, 5.74) is 2.20. The molecule has 4 N–H and O–H groups in total. The van der Waals surface area contributed by atoms with Gasteiger partial charge >= 0.3 is 0 Å². The van der Waals surface area contributed by atoms with Crippen LogP contribution in [0.25, 0.3) is 0 Å². The number of nitrogens with one attached hydrogen (secondary N) is 2. The summed E-state index contributed by atoms with van der Waals surface area (Å²) in [4.78, 5) is 29.1. The van der Waals surface area contributed by atoms with Crippen molar-refractivity contribution in [1.82, 2.24) is 19.8 Å². The molecule has 1 aliphatic rings. The van der Waals surface area contributed by atoms with Crippen LogP contribution in [0.4, 0.5) is 8.78 Å². The standard InChI is InChI=1S/C38H50F2N4O6S/c1-4-12-43(13-5-2)38(48)30-19-29(20-34(21-30)51(49,50)44-14-8-11-33(44)25-45)37(47)42-35(18-28-16-31(39)22-32(40)17-28)36(46)24-41-23-27-10-7-9-26(6-3)15-27/h7,9-10,15-17,19-22,33,35-36,41,45-46H,4-6,8,11-14,18,23-25H2,1-3H3,(H,42,47)/t33-,35+,36-/m1/s1. The minimum atomic E-state index is -4.23. The van der Waals surface area contributed by atoms with Crippen molar-refractivity contribution in [3.05, 3.63) is 100 Å². The predicted molar refractivity (Wildman–Crippen MR) is 192 cm³/mol. The lowest BCUT2D eigenvalue weighted by molar-refractivity contribution is 0.0755. The lowest BCUT2D eigenvalue weighted by Gasteiger charge is -2.26. The molecule has 13 heteroatoms. The van der Waals surface area contributed by atoms with Crippen LogP contribution in [-0.2, 0) is 29.4 Å². The fraction of sp³-hybridized carbons (Fsp3) is 0.474. The van der Waals surface area contributed by atoms with E-state index in [4.69, 9.17) is 0 Å². The number of aliphatic hydroxyl groups excluding tert-OH is 2. The monoisotopic (exact) mass is 728 g/mol. The lowest BCUT2D eigenvalue weighted by Crippen LogP contribution is -2.48. The summed E-state index contributed by atoms with van der Waals surface area (Å²) in [6.07, 6.45) is 1.84. The molecule has 51 heavy (non-hydrogen) atoms. The molecule has 1 saturated heterocycles. The first-order valence-corrected chi connectivity index (χ1v) is 19.1. The molecule has 3 atom stereocenters. The largest absolute Gasteiger partial charge is 0.395 e. The van der Waals surface area contributed by atoms with E-state index in [1.54, 1.807) is 4.90 Å². The van der Waals surface area contributed by atoms with Crippen LogP contribution in [0.1, 0.15) is 83.9 Å². The normalized spacial score (nSPS) is 16.2. The Morgan fingerprint density at radius 3 is 2.25 bits per heavy atom. The van der Waals surface area contributed by atoms with Gasteiger partial charge in [0.25, 0.3) is 11.8 Å². The fourth-order valence-electron chi connectivity index (χ4n) is 6.47. The quantitative estimate of drug-likeness (QED) is 0.152. The van der Waals surface area contributed by atoms with Gasteiger partial charge in [0, 0.05) is 56.0 Å². The van der Waals surface area contributed by atoms with Crippen molar-refractivity contribution < 1.29 is 37.0 Å². The first-order valence-electron chi connectivity index (χ1n) is 17.7. The summed E-state index contributed by atoms with van der Waals surface area (Å²) < 4.78 is 57.4. The van der Waals surface area contributed by atoms with Crippen molar-refractivity contribution in [3.63, 3.8) is 0 Å². The van der Waals surface area contributed by atoms with Gasteiger partial charge in [-0.1, -0.05) is 45.0 Å². The Labute approximate surface area is 299 Å². The molecule has 0 saturated carbocycles. The number of aryl methyl sites for hydroxylation is 1. The summed E-state index contributed by atoms with van der Waals surface area (Å²) in [7, 11) is -4.23. The highest BCUT2D eigenvalue weighted by atomic mass is 32.2. The number of hydrogen-bond acceptors (Lipinski definition) is 7. The molecule has 2 amide bonds. The fourth-order valence-corrected chi connectivity index (χ4v) is 8.22. The van der Waals surface area contributed by atoms with Gasteiger partial charge in [0.05, 0.1) is 23.6 Å². The average molecular weight is 729 g/mol. The molecule has 1 aliphatic heterocycles. The minimum absolute atomic E-state index is 0.00291. The maximum absolute atomic E-state index is 14.2. The summed E-state index contributed by atoms with van der Waals surface area (Å²) in [6, 6.07) is 13.0. The van der Waals surface area contributed by atoms with Gasteiger partial charge in [-0.15, -0.1) is 0 Å². The van der Waals surface area contributed by atoms with Crippen LogP contribution < -0.4 is 10.6 Å². The third-order valence-corrected chi connectivity index (χ3v) is 11.0. The second-order valence-corrected chi connectivity index (χ2v) is 15.0. The van der Waals surface area contributed by atoms with Gasteiger partial charge in [-0.2, -0.15) is 4.31 Å². The molecule has 0 unspecified atom stereocenters. The molecule has 3 aromatic carbocycles. The number of rotatable bonds is 18. The summed E-state index contributed by atoms with van der Waals surface area (Å²) in [6.45, 7) is 6.99. The topological polar surface area (TPSA) is 139 Å². The third-order valence-electron chi connectivity index (χ3n) is 9.07. The first-order chi connectivity index (χ1) is 24.4. The van der Waals surface area contributed by atoms with Crippen LogP contribution in [0.15, 0.2) is 65.6 Å². The van der Waals surface area contributed by atoms with Crippen LogP contribution in [-0.4, -0.2) is 90.6 Å². The second kappa shape index (κ2) is 18.7. The Balaban J connectivity index is 1.68. The Morgan fingerprint density at radius 2 is 1.61 bits per heavy atom. The number of benzene rings is 3. The van der Waals surface area contributed by atoms with E-state index in [0.717, 1.165) is 35.7 Å². The van der Waals surface area contributed by atoms with E-state index in [-0.39, 0.29) is 47.7 Å². The average Bonchev–Trinajstić information content (AvgIpc) is 3.60. The molecular formula is C38H50F2N4O6S. The summed E-state index contributed by atoms with van der Waals surface area (Å²) in [5.74, 6) is -2.85. The van der Waals surface area contributed by atoms with Gasteiger partial charge in [0.15, 0.2) is 0 Å². The Hall–Kier alpha value is -3.75. The number of aliphatic hydroxyl groups is 2. The molecule has 4 rings (SSSR count). The van der Waals surface area contributed by atoms with Crippen molar-refractivity contribution >= 4 is 21.8 Å². The van der Waals surface area contributed by atoms with Crippen LogP contribution in [0.2, 0.25) is 0 Å². The second-order valence-electron chi connectivity index (χ2n) is 13.1. The number of carbonyl (C=O) groups excluding carboxylic acids is 2. The number of carbonyl (C=O) groups is 2. The smallest absolute Gasteiger partial charge is 0.253 e. The van der Waals surface area contributed by atoms with Gasteiger partial charge in [-0.25, -0.2) is 17.2 Å². The molecule has 3 aromatic rings. The van der Waals surface area contributed by atoms with Gasteiger partial charge < -0.3 is 25.7 Å². The van der Waals surface area contributed by atoms with E-state index >= 15 is 0 Å². The maximum atomic E-state index is 14.2. The number of nitrogens with zero attached hydrogens (tertiary/aromatic N) is 2. The zero-order chi connectivity index (χ0) is 37.1. The number of sulfonamides is 1. The SMILES string of the molecule is CCCN(CCC)C(=O)c1cc(C(=O)N[C@@H](Cc2cc(F)cc(F)c2)[C@H](O)CNCc2cccc(CC)c2)cc(S(=O)(=O)N2CCC[C@@H]2CO)c1.